The molecule has 0 aromatic rings. The van der Waals surface area contributed by atoms with Gasteiger partial charge in [-0.25, -0.2) is 4.79 Å². The first-order valence-electron chi connectivity index (χ1n) is 6.16. The molecule has 3 aliphatic rings. The third kappa shape index (κ3) is 2.26. The van der Waals surface area contributed by atoms with Gasteiger partial charge in [-0.15, -0.1) is 0 Å². The molecule has 0 spiro atoms. The predicted octanol–water partition coefficient (Wildman–Crippen LogP) is 0.866. The van der Waals surface area contributed by atoms with Crippen molar-refractivity contribution in [2.24, 2.45) is 0 Å². The third-order valence-electron chi connectivity index (χ3n) is 3.42. The molecule has 1 amide bonds. The van der Waals surface area contributed by atoms with Crippen LogP contribution in [0.5, 0.6) is 0 Å². The summed E-state index contributed by atoms with van der Waals surface area (Å²) < 4.78 is 16.9. The van der Waals surface area contributed by atoms with Gasteiger partial charge in [0.05, 0.1) is 19.0 Å². The molecule has 3 heterocycles. The molecule has 0 bridgehead atoms. The van der Waals surface area contributed by atoms with Crippen LogP contribution < -0.4 is 5.32 Å². The van der Waals surface area contributed by atoms with Crippen molar-refractivity contribution in [3.05, 3.63) is 35.0 Å². The summed E-state index contributed by atoms with van der Waals surface area (Å²) in [5.41, 5.74) is 3.10. The van der Waals surface area contributed by atoms with E-state index in [1.54, 1.807) is 6.26 Å². The highest BCUT2D eigenvalue weighted by molar-refractivity contribution is 6.57. The van der Waals surface area contributed by atoms with Crippen LogP contribution in [-0.2, 0) is 14.0 Å². The van der Waals surface area contributed by atoms with Crippen LogP contribution in [-0.4, -0.2) is 43.7 Å². The molecular formula is C12H14BNO5. The predicted molar refractivity (Wildman–Crippen MR) is 67.4 cm³/mol. The second kappa shape index (κ2) is 4.75. The maximum absolute atomic E-state index is 10.5. The molecule has 19 heavy (non-hydrogen) atoms. The number of hydrogen-bond acceptors (Lipinski definition) is 4. The lowest BCUT2D eigenvalue weighted by atomic mass is 9.70. The number of nitrogens with one attached hydrogen (secondary N) is 1. The van der Waals surface area contributed by atoms with Crippen molar-refractivity contribution in [3.63, 3.8) is 0 Å². The average molecular weight is 263 g/mol. The van der Waals surface area contributed by atoms with Crippen LogP contribution in [0.2, 0.25) is 0 Å². The Morgan fingerprint density at radius 1 is 1.63 bits per heavy atom. The third-order valence-corrected chi connectivity index (χ3v) is 3.42. The molecule has 0 fully saturated rings. The summed E-state index contributed by atoms with van der Waals surface area (Å²) in [6.07, 6.45) is 4.01. The molecule has 3 rings (SSSR count). The van der Waals surface area contributed by atoms with Crippen molar-refractivity contribution in [3.8, 4) is 0 Å². The van der Waals surface area contributed by atoms with E-state index < -0.39 is 13.2 Å². The molecule has 0 saturated heterocycles. The monoisotopic (exact) mass is 263 g/mol. The van der Waals surface area contributed by atoms with E-state index in [0.717, 1.165) is 16.6 Å². The van der Waals surface area contributed by atoms with Crippen molar-refractivity contribution in [1.82, 2.24) is 5.32 Å². The first-order chi connectivity index (χ1) is 9.15. The number of allylic oxidation sites excluding steroid dienone is 3. The Labute approximate surface area is 110 Å². The summed E-state index contributed by atoms with van der Waals surface area (Å²) in [6.45, 7) is 2.66. The first kappa shape index (κ1) is 12.3. The minimum Gasteiger partial charge on any atom is -0.494 e. The van der Waals surface area contributed by atoms with Crippen molar-refractivity contribution in [2.45, 2.75) is 19.1 Å². The van der Waals surface area contributed by atoms with Gasteiger partial charge in [0.25, 0.3) is 0 Å². The molecule has 6 nitrogen and oxygen atoms in total. The van der Waals surface area contributed by atoms with Gasteiger partial charge in [0, 0.05) is 6.54 Å². The lowest BCUT2D eigenvalue weighted by Crippen LogP contribution is -2.39. The fourth-order valence-corrected chi connectivity index (χ4v) is 2.48. The quantitative estimate of drug-likeness (QED) is 0.723. The van der Waals surface area contributed by atoms with E-state index in [1.165, 1.54) is 0 Å². The molecule has 0 aromatic heterocycles. The Morgan fingerprint density at radius 2 is 2.47 bits per heavy atom. The van der Waals surface area contributed by atoms with E-state index in [4.69, 9.17) is 19.2 Å². The van der Waals surface area contributed by atoms with Crippen LogP contribution in [0.1, 0.15) is 6.92 Å². The second-order valence-electron chi connectivity index (χ2n) is 4.65. The Morgan fingerprint density at radius 3 is 3.26 bits per heavy atom. The number of rotatable bonds is 2. The van der Waals surface area contributed by atoms with Gasteiger partial charge in [-0.2, -0.15) is 0 Å². The molecule has 100 valence electrons. The lowest BCUT2D eigenvalue weighted by Gasteiger charge is -2.24. The average Bonchev–Trinajstić information content (AvgIpc) is 2.72. The highest BCUT2D eigenvalue weighted by Gasteiger charge is 2.42. The summed E-state index contributed by atoms with van der Waals surface area (Å²) >= 11 is 0. The molecule has 2 atom stereocenters. The SMILES string of the molecule is CC1OC=CC2=CC(CNC(=O)O)OB3OCC1=C32. The molecule has 2 unspecified atom stereocenters. The Kier molecular flexibility index (Phi) is 3.08. The largest absolute Gasteiger partial charge is 0.495 e. The van der Waals surface area contributed by atoms with Crippen LogP contribution in [0.25, 0.3) is 0 Å². The van der Waals surface area contributed by atoms with Crippen LogP contribution in [0.3, 0.4) is 0 Å². The normalized spacial score (nSPS) is 28.5. The molecule has 0 radical (unpaired) electrons. The molecule has 0 aromatic carbocycles. The Bertz CT molecular complexity index is 498. The fourth-order valence-electron chi connectivity index (χ4n) is 2.48. The van der Waals surface area contributed by atoms with Gasteiger partial charge < -0.3 is 24.5 Å². The topological polar surface area (TPSA) is 77.0 Å². The van der Waals surface area contributed by atoms with Crippen molar-refractivity contribution in [1.29, 1.82) is 0 Å². The Balaban J connectivity index is 1.87. The molecular weight excluding hydrogens is 249 g/mol. The van der Waals surface area contributed by atoms with Crippen LogP contribution >= 0.6 is 0 Å². The van der Waals surface area contributed by atoms with Crippen molar-refractivity contribution >= 4 is 13.2 Å². The maximum atomic E-state index is 10.5. The summed E-state index contributed by atoms with van der Waals surface area (Å²) in [7, 11) is -0.426. The van der Waals surface area contributed by atoms with Gasteiger partial charge in [-0.3, -0.25) is 0 Å². The summed E-state index contributed by atoms with van der Waals surface area (Å²) in [4.78, 5) is 10.5. The highest BCUT2D eigenvalue weighted by atomic mass is 16.6. The van der Waals surface area contributed by atoms with Gasteiger partial charge in [-0.1, -0.05) is 0 Å². The van der Waals surface area contributed by atoms with E-state index in [0.29, 0.717) is 6.61 Å². The van der Waals surface area contributed by atoms with Crippen LogP contribution in [0.15, 0.2) is 35.0 Å². The smallest absolute Gasteiger partial charge is 0.494 e. The van der Waals surface area contributed by atoms with Gasteiger partial charge in [0.2, 0.25) is 0 Å². The summed E-state index contributed by atoms with van der Waals surface area (Å²) in [5.74, 6) is 0. The van der Waals surface area contributed by atoms with E-state index in [-0.39, 0.29) is 18.8 Å². The maximum Gasteiger partial charge on any atom is 0.495 e. The summed E-state index contributed by atoms with van der Waals surface area (Å²) in [6, 6.07) is 0. The van der Waals surface area contributed by atoms with Crippen LogP contribution in [0, 0.1) is 0 Å². The van der Waals surface area contributed by atoms with E-state index >= 15 is 0 Å². The standard InChI is InChI=1S/C12H14BNO5/c1-7-10-6-18-13-11(10)8(2-3-17-7)4-9(19-13)5-14-12(15)16/h2-4,7,9,14H,5-6H2,1H3,(H,15,16). The number of carboxylic acid groups (broad SMARTS) is 1. The molecule has 7 heteroatoms. The molecule has 3 aliphatic heterocycles. The number of hydrogen-bond donors (Lipinski definition) is 2. The van der Waals surface area contributed by atoms with Gasteiger partial charge in [0.15, 0.2) is 0 Å². The summed E-state index contributed by atoms with van der Waals surface area (Å²) in [5, 5.41) is 10.9. The first-order valence-corrected chi connectivity index (χ1v) is 6.16. The number of carbonyl (C=O) groups is 1. The fraction of sp³-hybridized carbons (Fsp3) is 0.417. The molecule has 0 aliphatic carbocycles. The van der Waals surface area contributed by atoms with Gasteiger partial charge in [-0.05, 0) is 35.7 Å². The van der Waals surface area contributed by atoms with Gasteiger partial charge in [0.1, 0.15) is 6.10 Å². The number of amides is 1. The van der Waals surface area contributed by atoms with E-state index in [2.05, 4.69) is 5.32 Å². The molecule has 2 N–H and O–H groups in total. The van der Waals surface area contributed by atoms with Crippen LogP contribution in [0.4, 0.5) is 4.79 Å². The second-order valence-corrected chi connectivity index (χ2v) is 4.65. The minimum atomic E-state index is -1.07. The zero-order valence-electron chi connectivity index (χ0n) is 10.5. The highest BCUT2D eigenvalue weighted by Crippen LogP contribution is 2.35. The van der Waals surface area contributed by atoms with E-state index in [9.17, 15) is 4.79 Å². The van der Waals surface area contributed by atoms with Crippen molar-refractivity contribution < 1.29 is 23.9 Å². The van der Waals surface area contributed by atoms with Crippen molar-refractivity contribution in [2.75, 3.05) is 13.2 Å². The lowest BCUT2D eigenvalue weighted by molar-refractivity contribution is 0.157. The van der Waals surface area contributed by atoms with E-state index in [1.807, 2.05) is 19.1 Å². The Hall–Kier alpha value is -1.73. The minimum absolute atomic E-state index is 0.0283. The molecule has 0 saturated carbocycles. The van der Waals surface area contributed by atoms with Gasteiger partial charge >= 0.3 is 13.2 Å². The zero-order valence-corrected chi connectivity index (χ0v) is 10.5. The number of ether oxygens (including phenoxy) is 1. The zero-order chi connectivity index (χ0) is 13.4.